The maximum Gasteiger partial charge on any atom is 0.426 e. The van der Waals surface area contributed by atoms with Gasteiger partial charge in [-0.05, 0) is 62.7 Å². The van der Waals surface area contributed by atoms with Gasteiger partial charge in [-0.15, -0.1) is 0 Å². The molecule has 0 heterocycles. The summed E-state index contributed by atoms with van der Waals surface area (Å²) in [5.74, 6) is -1.12. The van der Waals surface area contributed by atoms with Crippen LogP contribution in [-0.4, -0.2) is 36.1 Å². The van der Waals surface area contributed by atoms with Crippen LogP contribution >= 0.6 is 0 Å². The molecule has 2 aliphatic carbocycles. The predicted octanol–water partition coefficient (Wildman–Crippen LogP) is 5.92. The molecule has 3 nitrogen and oxygen atoms in total. The minimum absolute atomic E-state index is 0.0313. The van der Waals surface area contributed by atoms with Gasteiger partial charge in [0.05, 0.1) is 0 Å². The smallest absolute Gasteiger partial charge is 0.426 e. The van der Waals surface area contributed by atoms with Gasteiger partial charge in [0, 0.05) is 6.42 Å². The fourth-order valence-corrected chi connectivity index (χ4v) is 5.39. The molecule has 2 bridgehead atoms. The molecule has 29 heavy (non-hydrogen) atoms. The Morgan fingerprint density at radius 3 is 1.90 bits per heavy atom. The first kappa shape index (κ1) is 24.3. The van der Waals surface area contributed by atoms with E-state index >= 15 is 0 Å². The molecule has 170 valence electrons. The van der Waals surface area contributed by atoms with Gasteiger partial charge in [0.2, 0.25) is 0 Å². The molecule has 0 aliphatic heterocycles. The molecule has 0 spiro atoms. The second kappa shape index (κ2) is 7.31. The van der Waals surface area contributed by atoms with Crippen LogP contribution in [0.1, 0.15) is 60.8 Å². The minimum Gasteiger partial charge on any atom is -0.458 e. The van der Waals surface area contributed by atoms with Crippen LogP contribution in [0.25, 0.3) is 0 Å². The molecular weight excluding hydrogens is 402 g/mol. The van der Waals surface area contributed by atoms with Crippen molar-refractivity contribution in [3.63, 3.8) is 0 Å². The van der Waals surface area contributed by atoms with Gasteiger partial charge in [-0.2, -0.15) is 26.3 Å². The van der Waals surface area contributed by atoms with Crippen molar-refractivity contribution < 1.29 is 40.6 Å². The van der Waals surface area contributed by atoms with Crippen LogP contribution in [0, 0.1) is 29.1 Å². The number of carbonyl (C=O) groups is 1. The maximum atomic E-state index is 13.9. The summed E-state index contributed by atoms with van der Waals surface area (Å²) >= 11 is 0. The Labute approximate surface area is 167 Å². The lowest BCUT2D eigenvalue weighted by atomic mass is 9.62. The number of hydrogen-bond donors (Lipinski definition) is 0. The number of carbonyl (C=O) groups excluding carboxylic acids is 1. The fraction of sp³-hybridized carbons (Fsp3) is 0.950. The summed E-state index contributed by atoms with van der Waals surface area (Å²) in [5, 5.41) is 0. The molecule has 2 rings (SSSR count). The van der Waals surface area contributed by atoms with Gasteiger partial charge in [0.15, 0.2) is 0 Å². The van der Waals surface area contributed by atoms with Crippen LogP contribution in [0.3, 0.4) is 0 Å². The average Bonchev–Trinajstić information content (AvgIpc) is 2.95. The number of alkyl halides is 6. The lowest BCUT2D eigenvalue weighted by Crippen LogP contribution is -2.62. The van der Waals surface area contributed by atoms with E-state index in [1.165, 1.54) is 27.7 Å². The molecule has 0 amide bonds. The van der Waals surface area contributed by atoms with E-state index in [0.29, 0.717) is 6.42 Å². The van der Waals surface area contributed by atoms with Crippen LogP contribution in [-0.2, 0) is 14.3 Å². The molecule has 5 unspecified atom stereocenters. The minimum atomic E-state index is -5.73. The van der Waals surface area contributed by atoms with E-state index in [1.807, 2.05) is 13.8 Å². The molecule has 2 fully saturated rings. The Morgan fingerprint density at radius 1 is 1.00 bits per heavy atom. The molecule has 0 aromatic rings. The fourth-order valence-electron chi connectivity index (χ4n) is 5.39. The summed E-state index contributed by atoms with van der Waals surface area (Å²) in [7, 11) is 0. The van der Waals surface area contributed by atoms with Crippen molar-refractivity contribution in [2.24, 2.45) is 29.1 Å². The summed E-state index contributed by atoms with van der Waals surface area (Å²) in [4.78, 5) is 11.8. The summed E-state index contributed by atoms with van der Waals surface area (Å²) in [6, 6.07) is 0. The van der Waals surface area contributed by atoms with E-state index in [1.54, 1.807) is 0 Å². The van der Waals surface area contributed by atoms with E-state index in [2.05, 4.69) is 4.74 Å². The van der Waals surface area contributed by atoms with Crippen molar-refractivity contribution in [3.05, 3.63) is 0 Å². The maximum absolute atomic E-state index is 13.9. The highest BCUT2D eigenvalue weighted by atomic mass is 19.4. The quantitative estimate of drug-likeness (QED) is 0.400. The van der Waals surface area contributed by atoms with E-state index < -0.39 is 48.0 Å². The highest BCUT2D eigenvalue weighted by Gasteiger charge is 2.75. The van der Waals surface area contributed by atoms with Gasteiger partial charge < -0.3 is 9.47 Å². The topological polar surface area (TPSA) is 35.5 Å². The Kier molecular flexibility index (Phi) is 6.12. The van der Waals surface area contributed by atoms with Crippen LogP contribution in [0.2, 0.25) is 0 Å². The van der Waals surface area contributed by atoms with Gasteiger partial charge in [0.1, 0.15) is 12.2 Å². The van der Waals surface area contributed by atoms with Crippen molar-refractivity contribution in [2.75, 3.05) is 6.61 Å². The van der Waals surface area contributed by atoms with Crippen LogP contribution in [0.4, 0.5) is 26.3 Å². The Bertz CT molecular complexity index is 605. The second-order valence-corrected chi connectivity index (χ2v) is 10.1. The van der Waals surface area contributed by atoms with Crippen molar-refractivity contribution in [3.8, 4) is 0 Å². The number of hydrogen-bond acceptors (Lipinski definition) is 3. The van der Waals surface area contributed by atoms with Gasteiger partial charge in [-0.1, -0.05) is 20.8 Å². The SMILES string of the molecule is CC1C2CC(C1C)C(C)(CC(OCC(=O)OC(C)(C)C)(C(F)(F)F)C(F)(F)F)C2. The number of halogens is 6. The number of esters is 1. The van der Waals surface area contributed by atoms with Gasteiger partial charge >= 0.3 is 18.3 Å². The van der Waals surface area contributed by atoms with Gasteiger partial charge in [-0.25, -0.2) is 4.79 Å². The average molecular weight is 432 g/mol. The Balaban J connectivity index is 2.34. The summed E-state index contributed by atoms with van der Waals surface area (Å²) < 4.78 is 92.7. The number of rotatable bonds is 5. The predicted molar refractivity (Wildman–Crippen MR) is 93.9 cm³/mol. The Hall–Kier alpha value is -0.990. The van der Waals surface area contributed by atoms with Crippen molar-refractivity contribution in [1.82, 2.24) is 0 Å². The second-order valence-electron chi connectivity index (χ2n) is 10.1. The van der Waals surface area contributed by atoms with Crippen LogP contribution < -0.4 is 0 Å². The molecule has 0 aromatic carbocycles. The highest BCUT2D eigenvalue weighted by molar-refractivity contribution is 5.71. The molecule has 0 aromatic heterocycles. The Morgan fingerprint density at radius 2 is 1.52 bits per heavy atom. The first-order valence-corrected chi connectivity index (χ1v) is 9.82. The van der Waals surface area contributed by atoms with Crippen LogP contribution in [0.15, 0.2) is 0 Å². The number of fused-ring (bicyclic) bond motifs is 2. The molecule has 2 saturated carbocycles. The van der Waals surface area contributed by atoms with E-state index in [-0.39, 0.29) is 30.1 Å². The third-order valence-corrected chi connectivity index (χ3v) is 6.81. The molecule has 2 aliphatic rings. The van der Waals surface area contributed by atoms with Gasteiger partial charge in [0.25, 0.3) is 5.60 Å². The number of ether oxygens (including phenoxy) is 2. The monoisotopic (exact) mass is 432 g/mol. The normalized spacial score (nSPS) is 33.2. The first-order chi connectivity index (χ1) is 12.8. The van der Waals surface area contributed by atoms with Crippen molar-refractivity contribution in [2.45, 2.75) is 84.4 Å². The molecule has 0 saturated heterocycles. The zero-order valence-electron chi connectivity index (χ0n) is 17.6. The van der Waals surface area contributed by atoms with E-state index in [0.717, 1.165) is 0 Å². The van der Waals surface area contributed by atoms with E-state index in [4.69, 9.17) is 4.74 Å². The molecule has 0 N–H and O–H groups in total. The van der Waals surface area contributed by atoms with Crippen molar-refractivity contribution >= 4 is 5.97 Å². The highest BCUT2D eigenvalue weighted by Crippen LogP contribution is 2.65. The summed E-state index contributed by atoms with van der Waals surface area (Å²) in [6.45, 7) is 8.33. The van der Waals surface area contributed by atoms with Crippen LogP contribution in [0.5, 0.6) is 0 Å². The van der Waals surface area contributed by atoms with E-state index in [9.17, 15) is 31.1 Å². The summed E-state index contributed by atoms with van der Waals surface area (Å²) in [6.07, 6.45) is -11.8. The summed E-state index contributed by atoms with van der Waals surface area (Å²) in [5.41, 5.74) is -6.66. The van der Waals surface area contributed by atoms with Gasteiger partial charge in [-0.3, -0.25) is 0 Å². The molecule has 5 atom stereocenters. The largest absolute Gasteiger partial charge is 0.458 e. The first-order valence-electron chi connectivity index (χ1n) is 9.82. The molecular formula is C20H30F6O3. The molecule has 0 radical (unpaired) electrons. The van der Waals surface area contributed by atoms with Crippen molar-refractivity contribution in [1.29, 1.82) is 0 Å². The lowest BCUT2D eigenvalue weighted by molar-refractivity contribution is -0.388. The molecule has 9 heteroatoms. The zero-order valence-corrected chi connectivity index (χ0v) is 17.6. The lowest BCUT2D eigenvalue weighted by Gasteiger charge is -2.47. The third kappa shape index (κ3) is 4.54. The third-order valence-electron chi connectivity index (χ3n) is 6.81. The zero-order chi connectivity index (χ0) is 22.6. The standard InChI is InChI=1S/C20H30F6O3/c1-11-12(2)14-7-13(11)8-17(14,6)10-18(19(21,22)23,20(24,25)26)28-9-15(27)29-16(3,4)5/h11-14H,7-10H2,1-6H3.